The summed E-state index contributed by atoms with van der Waals surface area (Å²) in [7, 11) is 0. The van der Waals surface area contributed by atoms with Gasteiger partial charge in [-0.1, -0.05) is 101 Å². The van der Waals surface area contributed by atoms with Gasteiger partial charge in [0.1, 0.15) is 0 Å². The van der Waals surface area contributed by atoms with Crippen molar-refractivity contribution in [3.63, 3.8) is 0 Å². The quantitative estimate of drug-likeness (QED) is 0.218. The zero-order valence-electron chi connectivity index (χ0n) is 20.4. The van der Waals surface area contributed by atoms with Crippen LogP contribution in [0, 0.1) is 0 Å². The van der Waals surface area contributed by atoms with Crippen LogP contribution in [0.1, 0.15) is 0 Å². The minimum Gasteiger partial charge on any atom is -0.309 e. The number of para-hydroxylation sites is 1. The summed E-state index contributed by atoms with van der Waals surface area (Å²) >= 11 is 3.66. The fraction of sp³-hybridized carbons (Fsp3) is 0. The molecule has 7 rings (SSSR count). The second kappa shape index (κ2) is 9.40. The Morgan fingerprint density at radius 3 is 1.71 bits per heavy atom. The summed E-state index contributed by atoms with van der Waals surface area (Å²) in [6.45, 7) is 0. The maximum atomic E-state index is 4.98. The minimum atomic E-state index is 0.710. The summed E-state index contributed by atoms with van der Waals surface area (Å²) in [5.41, 5.74) is 8.38. The van der Waals surface area contributed by atoms with Crippen molar-refractivity contribution in [3.8, 4) is 39.6 Å². The van der Waals surface area contributed by atoms with Crippen molar-refractivity contribution < 1.29 is 0 Å². The van der Waals surface area contributed by atoms with E-state index in [2.05, 4.69) is 118 Å². The van der Waals surface area contributed by atoms with Crippen LogP contribution in [0.3, 0.4) is 0 Å². The molecule has 2 aromatic heterocycles. The molecule has 0 aliphatic heterocycles. The van der Waals surface area contributed by atoms with Gasteiger partial charge in [-0.25, -0.2) is 9.97 Å². The third kappa shape index (κ3) is 4.00. The lowest BCUT2D eigenvalue weighted by Gasteiger charge is -2.11. The lowest BCUT2D eigenvalue weighted by atomic mass is 10.1. The zero-order chi connectivity index (χ0) is 25.5. The number of benzene rings is 5. The van der Waals surface area contributed by atoms with Crippen LogP contribution in [0.5, 0.6) is 0 Å². The van der Waals surface area contributed by atoms with Crippen molar-refractivity contribution in [2.24, 2.45) is 0 Å². The Hall–Kier alpha value is -4.54. The predicted octanol–water partition coefficient (Wildman–Crippen LogP) is 9.34. The number of aromatic nitrogens is 3. The fourth-order valence-corrected chi connectivity index (χ4v) is 5.42. The molecule has 0 saturated heterocycles. The monoisotopic (exact) mass is 551 g/mol. The lowest BCUT2D eigenvalue weighted by molar-refractivity contribution is 1.16. The third-order valence-corrected chi connectivity index (χ3v) is 7.38. The van der Waals surface area contributed by atoms with E-state index >= 15 is 0 Å². The molecule has 0 fully saturated rings. The van der Waals surface area contributed by atoms with Gasteiger partial charge in [0.25, 0.3) is 0 Å². The molecule has 0 spiro atoms. The van der Waals surface area contributed by atoms with Crippen LogP contribution < -0.4 is 0 Å². The second-order valence-electron chi connectivity index (χ2n) is 9.25. The largest absolute Gasteiger partial charge is 0.309 e. The van der Waals surface area contributed by atoms with Gasteiger partial charge in [0.05, 0.1) is 22.4 Å². The zero-order valence-corrected chi connectivity index (χ0v) is 22.0. The van der Waals surface area contributed by atoms with Crippen LogP contribution in [0.15, 0.2) is 138 Å². The first kappa shape index (κ1) is 22.6. The molecule has 0 radical (unpaired) electrons. The molecule has 0 aliphatic rings. The Bertz CT molecular complexity index is 1850. The van der Waals surface area contributed by atoms with E-state index in [-0.39, 0.29) is 0 Å². The van der Waals surface area contributed by atoms with E-state index in [4.69, 9.17) is 9.97 Å². The number of hydrogen-bond donors (Lipinski definition) is 0. The molecular formula is C34H22BrN3. The van der Waals surface area contributed by atoms with Crippen molar-refractivity contribution in [1.82, 2.24) is 14.5 Å². The molecule has 0 saturated carbocycles. The number of nitrogens with zero attached hydrogens (tertiary/aromatic N) is 3. The predicted molar refractivity (Wildman–Crippen MR) is 160 cm³/mol. The maximum absolute atomic E-state index is 4.98. The molecule has 5 aromatic carbocycles. The second-order valence-corrected chi connectivity index (χ2v) is 10.2. The van der Waals surface area contributed by atoms with Crippen molar-refractivity contribution in [2.75, 3.05) is 0 Å². The highest BCUT2D eigenvalue weighted by atomic mass is 79.9. The Balaban J connectivity index is 1.37. The Morgan fingerprint density at radius 1 is 0.474 bits per heavy atom. The first-order valence-corrected chi connectivity index (χ1v) is 13.3. The van der Waals surface area contributed by atoms with Crippen molar-refractivity contribution in [2.45, 2.75) is 0 Å². The third-order valence-electron chi connectivity index (χ3n) is 6.88. The van der Waals surface area contributed by atoms with Crippen molar-refractivity contribution in [1.29, 1.82) is 0 Å². The normalized spacial score (nSPS) is 11.3. The van der Waals surface area contributed by atoms with E-state index in [1.165, 1.54) is 21.8 Å². The molecule has 0 bridgehead atoms. The van der Waals surface area contributed by atoms with Crippen LogP contribution in [0.25, 0.3) is 61.4 Å². The Labute approximate surface area is 229 Å². The smallest absolute Gasteiger partial charge is 0.160 e. The molecule has 0 N–H and O–H groups in total. The summed E-state index contributed by atoms with van der Waals surface area (Å²) in [6, 6.07) is 46.2. The minimum absolute atomic E-state index is 0.710. The summed E-state index contributed by atoms with van der Waals surface area (Å²) in [6.07, 6.45) is 0. The van der Waals surface area contributed by atoms with Gasteiger partial charge in [-0.3, -0.25) is 0 Å². The van der Waals surface area contributed by atoms with E-state index in [9.17, 15) is 0 Å². The molecule has 4 heteroatoms. The Morgan fingerprint density at radius 2 is 1.05 bits per heavy atom. The van der Waals surface area contributed by atoms with Gasteiger partial charge in [0.2, 0.25) is 0 Å². The van der Waals surface area contributed by atoms with Crippen LogP contribution >= 0.6 is 15.9 Å². The standard InChI is InChI=1S/C34H22BrN3/c35-26-17-20-29-28-13-7-8-14-32(28)38(33(29)21-26)27-18-15-25(16-19-27)34-36-30(23-9-3-1-4-10-23)22-31(37-34)24-11-5-2-6-12-24/h1-22H. The molecule has 0 amide bonds. The molecule has 38 heavy (non-hydrogen) atoms. The molecule has 0 atom stereocenters. The molecule has 0 aliphatic carbocycles. The number of rotatable bonds is 4. The van der Waals surface area contributed by atoms with Gasteiger partial charge in [0, 0.05) is 37.6 Å². The average molecular weight is 552 g/mol. The van der Waals surface area contributed by atoms with E-state index in [0.717, 1.165) is 38.2 Å². The topological polar surface area (TPSA) is 30.7 Å². The first-order chi connectivity index (χ1) is 18.7. The summed E-state index contributed by atoms with van der Waals surface area (Å²) in [5, 5.41) is 2.48. The van der Waals surface area contributed by atoms with Crippen LogP contribution in [0.2, 0.25) is 0 Å². The highest BCUT2D eigenvalue weighted by Crippen LogP contribution is 2.34. The van der Waals surface area contributed by atoms with E-state index in [1.54, 1.807) is 0 Å². The molecular weight excluding hydrogens is 530 g/mol. The summed E-state index contributed by atoms with van der Waals surface area (Å²) < 4.78 is 3.38. The van der Waals surface area contributed by atoms with Gasteiger partial charge in [-0.15, -0.1) is 0 Å². The van der Waals surface area contributed by atoms with Gasteiger partial charge < -0.3 is 4.57 Å². The van der Waals surface area contributed by atoms with E-state index in [1.807, 2.05) is 36.4 Å². The SMILES string of the molecule is Brc1ccc2c3ccccc3n(-c3ccc(-c4nc(-c5ccccc5)cc(-c5ccccc5)n4)cc3)c2c1. The van der Waals surface area contributed by atoms with Gasteiger partial charge >= 0.3 is 0 Å². The average Bonchev–Trinajstić information content (AvgIpc) is 3.31. The number of halogens is 1. The summed E-state index contributed by atoms with van der Waals surface area (Å²) in [4.78, 5) is 9.96. The first-order valence-electron chi connectivity index (χ1n) is 12.5. The van der Waals surface area contributed by atoms with Crippen LogP contribution in [-0.4, -0.2) is 14.5 Å². The van der Waals surface area contributed by atoms with Gasteiger partial charge in [-0.05, 0) is 48.5 Å². The summed E-state index contributed by atoms with van der Waals surface area (Å²) in [5.74, 6) is 0.710. The molecule has 180 valence electrons. The van der Waals surface area contributed by atoms with Crippen LogP contribution in [0.4, 0.5) is 0 Å². The van der Waals surface area contributed by atoms with Crippen LogP contribution in [-0.2, 0) is 0 Å². The molecule has 7 aromatic rings. The fourth-order valence-electron chi connectivity index (χ4n) is 5.07. The van der Waals surface area contributed by atoms with Crippen molar-refractivity contribution in [3.05, 3.63) is 138 Å². The maximum Gasteiger partial charge on any atom is 0.160 e. The highest BCUT2D eigenvalue weighted by Gasteiger charge is 2.14. The molecule has 2 heterocycles. The van der Waals surface area contributed by atoms with Gasteiger partial charge in [-0.2, -0.15) is 0 Å². The number of hydrogen-bond acceptors (Lipinski definition) is 2. The lowest BCUT2D eigenvalue weighted by Crippen LogP contribution is -1.97. The van der Waals surface area contributed by atoms with E-state index in [0.29, 0.717) is 5.82 Å². The van der Waals surface area contributed by atoms with E-state index < -0.39 is 0 Å². The molecule has 0 unspecified atom stereocenters. The molecule has 3 nitrogen and oxygen atoms in total. The van der Waals surface area contributed by atoms with Gasteiger partial charge in [0.15, 0.2) is 5.82 Å². The van der Waals surface area contributed by atoms with Crippen molar-refractivity contribution >= 4 is 37.7 Å². The Kier molecular flexibility index (Phi) is 5.60. The highest BCUT2D eigenvalue weighted by molar-refractivity contribution is 9.10. The number of fused-ring (bicyclic) bond motifs is 3.